The standard InChI is InChI=1S/C16H16N4O3S2/c1-2-24-16-19-18-15(25-16)17-12(21)7-8-20-13(22)9-10-5-3-4-6-11(10)14(20)23/h3-6H,2,7-9H2,1H3,(H,17,18,21). The third kappa shape index (κ3) is 4.05. The summed E-state index contributed by atoms with van der Waals surface area (Å²) in [6.07, 6.45) is 0.201. The van der Waals surface area contributed by atoms with Crippen molar-refractivity contribution >= 4 is 46.0 Å². The first-order chi connectivity index (χ1) is 12.1. The van der Waals surface area contributed by atoms with Crippen LogP contribution in [0.1, 0.15) is 29.3 Å². The van der Waals surface area contributed by atoms with E-state index in [0.29, 0.717) is 10.7 Å². The molecule has 9 heteroatoms. The summed E-state index contributed by atoms with van der Waals surface area (Å²) in [5.74, 6) is -0.0571. The summed E-state index contributed by atoms with van der Waals surface area (Å²) in [6.45, 7) is 2.06. The molecule has 0 unspecified atom stereocenters. The minimum absolute atomic E-state index is 0.0233. The van der Waals surface area contributed by atoms with E-state index in [-0.39, 0.29) is 37.1 Å². The number of aromatic nitrogens is 2. The van der Waals surface area contributed by atoms with Crippen LogP contribution < -0.4 is 5.32 Å². The smallest absolute Gasteiger partial charge is 0.260 e. The molecular weight excluding hydrogens is 360 g/mol. The van der Waals surface area contributed by atoms with E-state index < -0.39 is 0 Å². The fraction of sp³-hybridized carbons (Fsp3) is 0.312. The van der Waals surface area contributed by atoms with Crippen molar-refractivity contribution in [3.8, 4) is 0 Å². The third-order valence-corrected chi connectivity index (χ3v) is 5.47. The summed E-state index contributed by atoms with van der Waals surface area (Å²) in [7, 11) is 0. The zero-order valence-electron chi connectivity index (χ0n) is 13.5. The van der Waals surface area contributed by atoms with E-state index in [0.717, 1.165) is 20.6 Å². The number of nitrogens with zero attached hydrogens (tertiary/aromatic N) is 3. The van der Waals surface area contributed by atoms with Gasteiger partial charge in [-0.2, -0.15) is 0 Å². The van der Waals surface area contributed by atoms with Crippen LogP contribution in [0.4, 0.5) is 5.13 Å². The Balaban J connectivity index is 1.58. The topological polar surface area (TPSA) is 92.3 Å². The first-order valence-electron chi connectivity index (χ1n) is 7.77. The Morgan fingerprint density at radius 1 is 1.32 bits per heavy atom. The highest BCUT2D eigenvalue weighted by Gasteiger charge is 2.30. The van der Waals surface area contributed by atoms with Crippen molar-refractivity contribution in [1.82, 2.24) is 15.1 Å². The number of imide groups is 1. The lowest BCUT2D eigenvalue weighted by atomic mass is 9.98. The molecule has 1 aromatic carbocycles. The molecular formula is C16H16N4O3S2. The maximum atomic E-state index is 12.4. The largest absolute Gasteiger partial charge is 0.300 e. The predicted octanol–water partition coefficient (Wildman–Crippen LogP) is 2.20. The second-order valence-electron chi connectivity index (χ2n) is 5.29. The molecule has 1 aromatic heterocycles. The molecule has 25 heavy (non-hydrogen) atoms. The van der Waals surface area contributed by atoms with Gasteiger partial charge < -0.3 is 5.32 Å². The second kappa shape index (κ2) is 7.75. The molecule has 3 amide bonds. The van der Waals surface area contributed by atoms with Crippen LogP contribution in [0.5, 0.6) is 0 Å². The van der Waals surface area contributed by atoms with Gasteiger partial charge >= 0.3 is 0 Å². The second-order valence-corrected chi connectivity index (χ2v) is 7.78. The number of carbonyl (C=O) groups is 3. The summed E-state index contributed by atoms with van der Waals surface area (Å²) < 4.78 is 0.788. The van der Waals surface area contributed by atoms with Gasteiger partial charge in [0, 0.05) is 18.5 Å². The van der Waals surface area contributed by atoms with Gasteiger partial charge in [-0.25, -0.2) is 0 Å². The maximum Gasteiger partial charge on any atom is 0.260 e. The molecule has 0 fully saturated rings. The number of hydrogen-bond acceptors (Lipinski definition) is 7. The summed E-state index contributed by atoms with van der Waals surface area (Å²) in [5, 5.41) is 10.9. The van der Waals surface area contributed by atoms with Gasteiger partial charge in [0.1, 0.15) is 0 Å². The lowest BCUT2D eigenvalue weighted by molar-refractivity contribution is -0.128. The highest BCUT2D eigenvalue weighted by molar-refractivity contribution is 8.01. The van der Waals surface area contributed by atoms with E-state index in [4.69, 9.17) is 0 Å². The van der Waals surface area contributed by atoms with Gasteiger partial charge in [-0.15, -0.1) is 10.2 Å². The van der Waals surface area contributed by atoms with E-state index in [9.17, 15) is 14.4 Å². The molecule has 0 radical (unpaired) electrons. The van der Waals surface area contributed by atoms with Crippen LogP contribution in [-0.4, -0.2) is 45.1 Å². The van der Waals surface area contributed by atoms with Gasteiger partial charge in [0.05, 0.1) is 6.42 Å². The summed E-state index contributed by atoms with van der Waals surface area (Å²) in [4.78, 5) is 37.8. The SMILES string of the molecule is CCSc1nnc(NC(=O)CCN2C(=O)Cc3ccccc3C2=O)s1. The molecule has 0 bridgehead atoms. The Kier molecular flexibility index (Phi) is 5.44. The van der Waals surface area contributed by atoms with Crippen molar-refractivity contribution in [2.75, 3.05) is 17.6 Å². The van der Waals surface area contributed by atoms with Crippen LogP contribution in [0.15, 0.2) is 28.6 Å². The lowest BCUT2D eigenvalue weighted by Crippen LogP contribution is -2.43. The molecule has 0 saturated heterocycles. The fourth-order valence-electron chi connectivity index (χ4n) is 2.46. The molecule has 0 atom stereocenters. The van der Waals surface area contributed by atoms with Crippen LogP contribution in [0, 0.1) is 0 Å². The number of anilines is 1. The third-order valence-electron chi connectivity index (χ3n) is 3.62. The molecule has 2 heterocycles. The first kappa shape index (κ1) is 17.6. The monoisotopic (exact) mass is 376 g/mol. The molecule has 2 aromatic rings. The average Bonchev–Trinajstić information content (AvgIpc) is 3.02. The van der Waals surface area contributed by atoms with E-state index in [2.05, 4.69) is 15.5 Å². The van der Waals surface area contributed by atoms with Crippen LogP contribution in [0.3, 0.4) is 0 Å². The van der Waals surface area contributed by atoms with E-state index in [1.165, 1.54) is 11.3 Å². The molecule has 0 aliphatic carbocycles. The number of thioether (sulfide) groups is 1. The highest BCUT2D eigenvalue weighted by Crippen LogP contribution is 2.25. The van der Waals surface area contributed by atoms with Gasteiger partial charge in [0.2, 0.25) is 16.9 Å². The molecule has 0 saturated carbocycles. The average molecular weight is 376 g/mol. The van der Waals surface area contributed by atoms with Gasteiger partial charge in [-0.3, -0.25) is 19.3 Å². The number of amides is 3. The lowest BCUT2D eigenvalue weighted by Gasteiger charge is -2.26. The number of benzene rings is 1. The Labute approximate surface area is 152 Å². The summed E-state index contributed by atoms with van der Waals surface area (Å²) in [5.41, 5.74) is 1.25. The van der Waals surface area contributed by atoms with Gasteiger partial charge in [-0.05, 0) is 17.4 Å². The Morgan fingerprint density at radius 3 is 2.92 bits per heavy atom. The van der Waals surface area contributed by atoms with E-state index in [1.54, 1.807) is 36.0 Å². The van der Waals surface area contributed by atoms with Crippen molar-refractivity contribution in [2.24, 2.45) is 0 Å². The van der Waals surface area contributed by atoms with Crippen LogP contribution >= 0.6 is 23.1 Å². The molecule has 1 N–H and O–H groups in total. The van der Waals surface area contributed by atoms with Crippen molar-refractivity contribution < 1.29 is 14.4 Å². The quantitative estimate of drug-likeness (QED) is 0.472. The van der Waals surface area contributed by atoms with Gasteiger partial charge in [0.15, 0.2) is 4.34 Å². The summed E-state index contributed by atoms with van der Waals surface area (Å²) in [6, 6.07) is 7.04. The van der Waals surface area contributed by atoms with Crippen LogP contribution in [-0.2, 0) is 16.0 Å². The number of rotatable bonds is 6. The zero-order valence-corrected chi connectivity index (χ0v) is 15.2. The van der Waals surface area contributed by atoms with Crippen LogP contribution in [0.25, 0.3) is 0 Å². The summed E-state index contributed by atoms with van der Waals surface area (Å²) >= 11 is 2.85. The van der Waals surface area contributed by atoms with E-state index in [1.807, 2.05) is 6.92 Å². The van der Waals surface area contributed by atoms with Crippen molar-refractivity contribution in [1.29, 1.82) is 0 Å². The van der Waals surface area contributed by atoms with Crippen LogP contribution in [0.2, 0.25) is 0 Å². The molecule has 130 valence electrons. The minimum atomic E-state index is -0.350. The number of carbonyl (C=O) groups excluding carboxylic acids is 3. The molecule has 0 spiro atoms. The van der Waals surface area contributed by atoms with Gasteiger partial charge in [0.25, 0.3) is 5.91 Å². The molecule has 7 nitrogen and oxygen atoms in total. The Bertz CT molecular complexity index is 821. The Hall–Kier alpha value is -2.26. The number of fused-ring (bicyclic) bond motifs is 1. The molecule has 1 aliphatic heterocycles. The highest BCUT2D eigenvalue weighted by atomic mass is 32.2. The fourth-order valence-corrected chi connectivity index (χ4v) is 4.13. The molecule has 3 rings (SSSR count). The van der Waals surface area contributed by atoms with Crippen molar-refractivity contribution in [3.63, 3.8) is 0 Å². The normalized spacial score (nSPS) is 13.7. The minimum Gasteiger partial charge on any atom is -0.300 e. The van der Waals surface area contributed by atoms with Crippen molar-refractivity contribution in [2.45, 2.75) is 24.1 Å². The van der Waals surface area contributed by atoms with E-state index >= 15 is 0 Å². The number of nitrogens with one attached hydrogen (secondary N) is 1. The first-order valence-corrected chi connectivity index (χ1v) is 9.57. The maximum absolute atomic E-state index is 12.4. The van der Waals surface area contributed by atoms with Crippen molar-refractivity contribution in [3.05, 3.63) is 35.4 Å². The zero-order chi connectivity index (χ0) is 17.8. The predicted molar refractivity (Wildman–Crippen MR) is 95.7 cm³/mol. The molecule has 1 aliphatic rings. The van der Waals surface area contributed by atoms with Gasteiger partial charge in [-0.1, -0.05) is 48.2 Å². The Morgan fingerprint density at radius 2 is 2.12 bits per heavy atom. The number of hydrogen-bond donors (Lipinski definition) is 1.